The van der Waals surface area contributed by atoms with E-state index in [0.29, 0.717) is 5.69 Å². The molecule has 0 spiro atoms. The summed E-state index contributed by atoms with van der Waals surface area (Å²) < 4.78 is 1.58. The third-order valence-electron chi connectivity index (χ3n) is 3.04. The average molecular weight is 390 g/mol. The number of carbonyl (C=O) groups excluding carboxylic acids is 2. The maximum Gasteiger partial charge on any atom is 0.247 e. The van der Waals surface area contributed by atoms with Crippen LogP contribution in [0.5, 0.6) is 0 Å². The molecule has 0 bridgehead atoms. The number of piperazine rings is 1. The van der Waals surface area contributed by atoms with E-state index in [1.807, 2.05) is 32.0 Å². The van der Waals surface area contributed by atoms with E-state index in [2.05, 4.69) is 37.2 Å². The number of para-hydroxylation sites is 1. The highest BCUT2D eigenvalue weighted by Gasteiger charge is 2.38. The molecule has 1 saturated heterocycles. The minimum Gasteiger partial charge on any atom is -0.345 e. The minimum atomic E-state index is -0.490. The van der Waals surface area contributed by atoms with Gasteiger partial charge < -0.3 is 5.32 Å². The number of benzene rings is 1. The lowest BCUT2D eigenvalue weighted by molar-refractivity contribution is -0.131. The van der Waals surface area contributed by atoms with Crippen molar-refractivity contribution in [3.05, 3.63) is 27.1 Å². The van der Waals surface area contributed by atoms with Gasteiger partial charge >= 0.3 is 0 Å². The Labute approximate surface area is 128 Å². The Hall–Kier alpha value is -0.880. The molecule has 19 heavy (non-hydrogen) atoms. The maximum atomic E-state index is 12.2. The van der Waals surface area contributed by atoms with Crippen molar-refractivity contribution in [3.8, 4) is 0 Å². The summed E-state index contributed by atoms with van der Waals surface area (Å²) in [7, 11) is 0. The molecule has 4 nitrogen and oxygen atoms in total. The molecule has 0 saturated carbocycles. The maximum absolute atomic E-state index is 12.2. The Morgan fingerprint density at radius 2 is 1.84 bits per heavy atom. The molecule has 1 atom stereocenters. The van der Waals surface area contributed by atoms with Crippen LogP contribution in [0.2, 0.25) is 0 Å². The number of nitrogens with zero attached hydrogens (tertiary/aromatic N) is 1. The van der Waals surface area contributed by atoms with Crippen LogP contribution in [0.1, 0.15) is 13.8 Å². The Balaban J connectivity index is 2.55. The van der Waals surface area contributed by atoms with Gasteiger partial charge in [-0.05, 0) is 49.9 Å². The molecule has 1 fully saturated rings. The zero-order valence-corrected chi connectivity index (χ0v) is 13.8. The summed E-state index contributed by atoms with van der Waals surface area (Å²) in [6.45, 7) is 3.90. The van der Waals surface area contributed by atoms with Gasteiger partial charge in [0.25, 0.3) is 0 Å². The van der Waals surface area contributed by atoms with E-state index in [9.17, 15) is 9.59 Å². The standard InChI is InChI=1S/C13H14Br2N2O2/c1-7(2)11-13(19)16-6-10(18)17(11)12-8(14)4-3-5-9(12)15/h3-5,7,11H,6H2,1-2H3,(H,16,19). The van der Waals surface area contributed by atoms with Crippen LogP contribution in [0.25, 0.3) is 0 Å². The normalized spacial score (nSPS) is 19.8. The third kappa shape index (κ3) is 2.69. The summed E-state index contributed by atoms with van der Waals surface area (Å²) in [6, 6.07) is 5.10. The summed E-state index contributed by atoms with van der Waals surface area (Å²) in [5.41, 5.74) is 0.709. The lowest BCUT2D eigenvalue weighted by Crippen LogP contribution is -2.60. The zero-order chi connectivity index (χ0) is 14.2. The first-order valence-electron chi connectivity index (χ1n) is 5.97. The fourth-order valence-corrected chi connectivity index (χ4v) is 3.59. The summed E-state index contributed by atoms with van der Waals surface area (Å²) in [4.78, 5) is 25.9. The van der Waals surface area contributed by atoms with E-state index in [1.165, 1.54) is 0 Å². The van der Waals surface area contributed by atoms with Gasteiger partial charge in [-0.25, -0.2) is 0 Å². The number of carbonyl (C=O) groups is 2. The minimum absolute atomic E-state index is 0.0308. The Kier molecular flexibility index (Phi) is 4.30. The highest BCUT2D eigenvalue weighted by Crippen LogP contribution is 2.37. The lowest BCUT2D eigenvalue weighted by atomic mass is 9.98. The van der Waals surface area contributed by atoms with Gasteiger partial charge in [0.2, 0.25) is 11.8 Å². The van der Waals surface area contributed by atoms with E-state index in [1.54, 1.807) is 4.90 Å². The molecule has 1 N–H and O–H groups in total. The zero-order valence-electron chi connectivity index (χ0n) is 10.6. The molecule has 1 unspecified atom stereocenters. The van der Waals surface area contributed by atoms with Crippen molar-refractivity contribution in [1.82, 2.24) is 5.32 Å². The van der Waals surface area contributed by atoms with Gasteiger partial charge in [-0.3, -0.25) is 14.5 Å². The summed E-state index contributed by atoms with van der Waals surface area (Å²) in [6.07, 6.45) is 0. The molecular weight excluding hydrogens is 376 g/mol. The van der Waals surface area contributed by atoms with Crippen molar-refractivity contribution in [2.45, 2.75) is 19.9 Å². The quantitative estimate of drug-likeness (QED) is 0.845. The fourth-order valence-electron chi connectivity index (χ4n) is 2.21. The largest absolute Gasteiger partial charge is 0.345 e. The highest BCUT2D eigenvalue weighted by atomic mass is 79.9. The highest BCUT2D eigenvalue weighted by molar-refractivity contribution is 9.11. The lowest BCUT2D eigenvalue weighted by Gasteiger charge is -2.38. The molecule has 1 heterocycles. The summed E-state index contributed by atoms with van der Waals surface area (Å²) in [5.74, 6) is -0.189. The molecule has 6 heteroatoms. The van der Waals surface area contributed by atoms with Crippen molar-refractivity contribution < 1.29 is 9.59 Å². The molecule has 1 aliphatic rings. The smallest absolute Gasteiger partial charge is 0.247 e. The van der Waals surface area contributed by atoms with E-state index < -0.39 is 6.04 Å². The van der Waals surface area contributed by atoms with Gasteiger partial charge in [0.1, 0.15) is 6.04 Å². The van der Waals surface area contributed by atoms with Crippen LogP contribution in [0.4, 0.5) is 5.69 Å². The Morgan fingerprint density at radius 3 is 2.37 bits per heavy atom. The van der Waals surface area contributed by atoms with Crippen LogP contribution in [0.3, 0.4) is 0 Å². The first-order valence-corrected chi connectivity index (χ1v) is 7.56. The molecule has 1 aromatic rings. The fraction of sp³-hybridized carbons (Fsp3) is 0.385. The number of rotatable bonds is 2. The monoisotopic (exact) mass is 388 g/mol. The Bertz CT molecular complexity index is 511. The molecule has 102 valence electrons. The van der Waals surface area contributed by atoms with E-state index in [-0.39, 0.29) is 24.3 Å². The second kappa shape index (κ2) is 5.63. The second-order valence-electron chi connectivity index (χ2n) is 4.74. The summed E-state index contributed by atoms with van der Waals surface area (Å²) >= 11 is 6.90. The Morgan fingerprint density at radius 1 is 1.26 bits per heavy atom. The number of hydrogen-bond acceptors (Lipinski definition) is 2. The number of amides is 2. The van der Waals surface area contributed by atoms with Crippen molar-refractivity contribution in [2.75, 3.05) is 11.4 Å². The van der Waals surface area contributed by atoms with Crippen LogP contribution >= 0.6 is 31.9 Å². The average Bonchev–Trinajstić information content (AvgIpc) is 2.32. The molecule has 2 rings (SSSR count). The molecule has 0 aromatic heterocycles. The molecule has 1 aromatic carbocycles. The summed E-state index contributed by atoms with van der Waals surface area (Å²) in [5, 5.41) is 2.64. The van der Waals surface area contributed by atoms with Crippen molar-refractivity contribution in [3.63, 3.8) is 0 Å². The van der Waals surface area contributed by atoms with Gasteiger partial charge in [-0.15, -0.1) is 0 Å². The van der Waals surface area contributed by atoms with Gasteiger partial charge in [0.05, 0.1) is 12.2 Å². The topological polar surface area (TPSA) is 49.4 Å². The van der Waals surface area contributed by atoms with Crippen LogP contribution in [0, 0.1) is 5.92 Å². The number of hydrogen-bond donors (Lipinski definition) is 1. The van der Waals surface area contributed by atoms with Crippen LogP contribution in [-0.4, -0.2) is 24.4 Å². The van der Waals surface area contributed by atoms with E-state index in [0.717, 1.165) is 8.95 Å². The van der Waals surface area contributed by atoms with Gasteiger partial charge in [-0.2, -0.15) is 0 Å². The number of halogens is 2. The number of nitrogens with one attached hydrogen (secondary N) is 1. The third-order valence-corrected chi connectivity index (χ3v) is 4.32. The van der Waals surface area contributed by atoms with Crippen LogP contribution < -0.4 is 10.2 Å². The molecule has 0 radical (unpaired) electrons. The first-order chi connectivity index (χ1) is 8.93. The van der Waals surface area contributed by atoms with Gasteiger partial charge in [-0.1, -0.05) is 19.9 Å². The number of anilines is 1. The molecule has 1 aliphatic heterocycles. The molecule has 2 amide bonds. The van der Waals surface area contributed by atoms with E-state index >= 15 is 0 Å². The van der Waals surface area contributed by atoms with Gasteiger partial charge in [0.15, 0.2) is 0 Å². The molecular formula is C13H14Br2N2O2. The van der Waals surface area contributed by atoms with Crippen LogP contribution in [0.15, 0.2) is 27.1 Å². The predicted octanol–water partition coefficient (Wildman–Crippen LogP) is 2.70. The second-order valence-corrected chi connectivity index (χ2v) is 6.45. The van der Waals surface area contributed by atoms with Crippen molar-refractivity contribution in [2.24, 2.45) is 5.92 Å². The van der Waals surface area contributed by atoms with Crippen molar-refractivity contribution in [1.29, 1.82) is 0 Å². The first kappa shape index (κ1) is 14.5. The molecule has 0 aliphatic carbocycles. The van der Waals surface area contributed by atoms with Crippen LogP contribution in [-0.2, 0) is 9.59 Å². The van der Waals surface area contributed by atoms with Crippen molar-refractivity contribution >= 4 is 49.4 Å². The van der Waals surface area contributed by atoms with E-state index in [4.69, 9.17) is 0 Å². The van der Waals surface area contributed by atoms with Gasteiger partial charge in [0, 0.05) is 8.95 Å². The SMILES string of the molecule is CC(C)C1C(=O)NCC(=O)N1c1c(Br)cccc1Br. The predicted molar refractivity (Wildman–Crippen MR) is 81.0 cm³/mol.